The van der Waals surface area contributed by atoms with Gasteiger partial charge in [0.1, 0.15) is 11.4 Å². The molecule has 4 aliphatic rings. The van der Waals surface area contributed by atoms with Gasteiger partial charge >= 0.3 is 0 Å². The van der Waals surface area contributed by atoms with Crippen molar-refractivity contribution in [3.05, 3.63) is 33.7 Å². The van der Waals surface area contributed by atoms with E-state index in [1.165, 1.54) is 31.8 Å². The lowest BCUT2D eigenvalue weighted by Gasteiger charge is -2.62. The minimum atomic E-state index is -0.389. The Morgan fingerprint density at radius 1 is 1.20 bits per heavy atom. The van der Waals surface area contributed by atoms with Gasteiger partial charge in [-0.25, -0.2) is 0 Å². The Morgan fingerprint density at radius 2 is 1.92 bits per heavy atom. The van der Waals surface area contributed by atoms with Gasteiger partial charge in [0.2, 0.25) is 5.78 Å². The molecule has 2 fully saturated rings. The Kier molecular flexibility index (Phi) is 3.65. The van der Waals surface area contributed by atoms with Crippen molar-refractivity contribution >= 4 is 21.7 Å². The molecule has 0 saturated heterocycles. The molecule has 3 aliphatic carbocycles. The molecule has 1 unspecified atom stereocenters. The van der Waals surface area contributed by atoms with Gasteiger partial charge in [-0.2, -0.15) is 0 Å². The fourth-order valence-corrected chi connectivity index (χ4v) is 6.81. The van der Waals surface area contributed by atoms with E-state index in [0.717, 1.165) is 12.0 Å². The van der Waals surface area contributed by atoms with Gasteiger partial charge < -0.3 is 9.84 Å². The predicted octanol–water partition coefficient (Wildman–Crippen LogP) is 5.58. The third-order valence-corrected chi connectivity index (χ3v) is 8.26. The van der Waals surface area contributed by atoms with E-state index in [-0.39, 0.29) is 28.5 Å². The zero-order valence-corrected chi connectivity index (χ0v) is 17.1. The molecule has 3 nitrogen and oxygen atoms in total. The molecular formula is C21H27BrO3. The maximum Gasteiger partial charge on any atom is 0.225 e. The molecule has 0 aromatic heterocycles. The molecule has 0 spiro atoms. The first-order valence-corrected chi connectivity index (χ1v) is 10.1. The first kappa shape index (κ1) is 17.4. The number of allylic oxidation sites excluding steroid dienone is 2. The highest BCUT2D eigenvalue weighted by Crippen LogP contribution is 2.65. The third kappa shape index (κ3) is 2.32. The zero-order valence-electron chi connectivity index (χ0n) is 15.5. The average molecular weight is 407 g/mol. The summed E-state index contributed by atoms with van der Waals surface area (Å²) in [4.78, 5) is 12.0. The number of aliphatic hydroxyl groups is 1. The number of fused-ring (bicyclic) bond motifs is 4. The van der Waals surface area contributed by atoms with E-state index in [0.29, 0.717) is 21.6 Å². The number of ketones is 1. The fraction of sp³-hybridized carbons (Fsp3) is 0.667. The molecule has 0 amide bonds. The smallest absolute Gasteiger partial charge is 0.225 e. The molecule has 0 radical (unpaired) electrons. The van der Waals surface area contributed by atoms with E-state index in [1.54, 1.807) is 0 Å². The Labute approximate surface area is 158 Å². The SMILES string of the molecule is CC1(C)CCC[C@@]2(C)C1CC[C@]1(C)OC3=CC(=O)C(O)=C(Br)C3=C[C@H]21. The fourth-order valence-electron chi connectivity index (χ4n) is 6.29. The molecule has 4 heteroatoms. The van der Waals surface area contributed by atoms with Crippen LogP contribution in [0.4, 0.5) is 0 Å². The Balaban J connectivity index is 1.85. The highest BCUT2D eigenvalue weighted by Gasteiger charge is 2.60. The molecule has 4 atom stereocenters. The minimum Gasteiger partial charge on any atom is -0.503 e. The molecule has 0 aromatic rings. The van der Waals surface area contributed by atoms with Gasteiger partial charge in [0.15, 0.2) is 5.76 Å². The molecule has 0 bridgehead atoms. The van der Waals surface area contributed by atoms with Gasteiger partial charge in [0.25, 0.3) is 0 Å². The van der Waals surface area contributed by atoms with Crippen molar-refractivity contribution < 1.29 is 14.6 Å². The molecule has 1 N–H and O–H groups in total. The van der Waals surface area contributed by atoms with Crippen LogP contribution in [0, 0.1) is 22.7 Å². The molecule has 1 aliphatic heterocycles. The maximum absolute atomic E-state index is 12.0. The summed E-state index contributed by atoms with van der Waals surface area (Å²) in [5.41, 5.74) is 1.08. The van der Waals surface area contributed by atoms with Gasteiger partial charge in [-0.1, -0.05) is 33.3 Å². The van der Waals surface area contributed by atoms with Crippen LogP contribution in [0.3, 0.4) is 0 Å². The zero-order chi connectivity index (χ0) is 18.2. The van der Waals surface area contributed by atoms with Crippen molar-refractivity contribution in [1.82, 2.24) is 0 Å². The van der Waals surface area contributed by atoms with Gasteiger partial charge in [-0.15, -0.1) is 0 Å². The molecule has 25 heavy (non-hydrogen) atoms. The second-order valence-electron chi connectivity index (χ2n) is 9.45. The Morgan fingerprint density at radius 3 is 2.64 bits per heavy atom. The number of hydrogen-bond acceptors (Lipinski definition) is 3. The lowest BCUT2D eigenvalue weighted by molar-refractivity contribution is -0.162. The second kappa shape index (κ2) is 5.25. The van der Waals surface area contributed by atoms with Crippen molar-refractivity contribution in [2.45, 2.75) is 65.4 Å². The standard InChI is InChI=1S/C21H27BrO3/c1-19(2)7-5-8-20(3)15(19)6-9-21(4)16(20)10-12-14(25-21)11-13(23)18(24)17(12)22/h10-11,15-16,24H,5-9H2,1-4H3/t15?,16-,20+,21+/m1/s1. The van der Waals surface area contributed by atoms with E-state index >= 15 is 0 Å². The first-order chi connectivity index (χ1) is 11.6. The Hall–Kier alpha value is -1.03. The topological polar surface area (TPSA) is 46.5 Å². The normalized spacial score (nSPS) is 42.5. The van der Waals surface area contributed by atoms with Crippen LogP contribution in [-0.4, -0.2) is 16.5 Å². The highest BCUT2D eigenvalue weighted by molar-refractivity contribution is 9.12. The van der Waals surface area contributed by atoms with Crippen molar-refractivity contribution in [2.24, 2.45) is 22.7 Å². The summed E-state index contributed by atoms with van der Waals surface area (Å²) in [6.45, 7) is 9.47. The predicted molar refractivity (Wildman–Crippen MR) is 101 cm³/mol. The molecule has 136 valence electrons. The minimum absolute atomic E-state index is 0.178. The molecular weight excluding hydrogens is 380 g/mol. The molecule has 1 heterocycles. The van der Waals surface area contributed by atoms with E-state index in [1.807, 2.05) is 0 Å². The summed E-state index contributed by atoms with van der Waals surface area (Å²) in [5, 5.41) is 10.1. The van der Waals surface area contributed by atoms with Crippen LogP contribution in [0.15, 0.2) is 33.7 Å². The van der Waals surface area contributed by atoms with E-state index in [2.05, 4.69) is 49.7 Å². The van der Waals surface area contributed by atoms with Crippen molar-refractivity contribution in [3.63, 3.8) is 0 Å². The molecule has 2 saturated carbocycles. The highest BCUT2D eigenvalue weighted by atomic mass is 79.9. The van der Waals surface area contributed by atoms with E-state index < -0.39 is 0 Å². The van der Waals surface area contributed by atoms with Crippen LogP contribution in [0.25, 0.3) is 0 Å². The second-order valence-corrected chi connectivity index (χ2v) is 10.2. The lowest BCUT2D eigenvalue weighted by Crippen LogP contribution is -2.59. The van der Waals surface area contributed by atoms with Crippen LogP contribution >= 0.6 is 15.9 Å². The van der Waals surface area contributed by atoms with Crippen LogP contribution in [0.2, 0.25) is 0 Å². The summed E-state index contributed by atoms with van der Waals surface area (Å²) in [5.74, 6) is 0.937. The van der Waals surface area contributed by atoms with Crippen LogP contribution < -0.4 is 0 Å². The summed E-state index contributed by atoms with van der Waals surface area (Å²) >= 11 is 3.42. The van der Waals surface area contributed by atoms with Crippen LogP contribution in [0.1, 0.15) is 59.8 Å². The summed E-state index contributed by atoms with van der Waals surface area (Å²) in [7, 11) is 0. The number of ether oxygens (including phenoxy) is 1. The van der Waals surface area contributed by atoms with Gasteiger partial charge in [0.05, 0.1) is 4.48 Å². The number of carbonyl (C=O) groups excluding carboxylic acids is 1. The third-order valence-electron chi connectivity index (χ3n) is 7.46. The largest absolute Gasteiger partial charge is 0.503 e. The number of aliphatic hydroxyl groups excluding tert-OH is 1. The van der Waals surface area contributed by atoms with Crippen LogP contribution in [-0.2, 0) is 9.53 Å². The van der Waals surface area contributed by atoms with Gasteiger partial charge in [-0.3, -0.25) is 4.79 Å². The number of hydrogen-bond donors (Lipinski definition) is 1. The average Bonchev–Trinajstić information content (AvgIpc) is 2.50. The number of carbonyl (C=O) groups is 1. The van der Waals surface area contributed by atoms with Crippen molar-refractivity contribution in [1.29, 1.82) is 0 Å². The van der Waals surface area contributed by atoms with Gasteiger partial charge in [0, 0.05) is 17.6 Å². The first-order valence-electron chi connectivity index (χ1n) is 9.35. The molecule has 0 aromatic carbocycles. The number of rotatable bonds is 0. The van der Waals surface area contributed by atoms with E-state index in [4.69, 9.17) is 4.74 Å². The number of halogens is 1. The summed E-state index contributed by atoms with van der Waals surface area (Å²) < 4.78 is 6.92. The summed E-state index contributed by atoms with van der Waals surface area (Å²) in [6, 6.07) is 0. The van der Waals surface area contributed by atoms with Crippen molar-refractivity contribution in [2.75, 3.05) is 0 Å². The van der Waals surface area contributed by atoms with Crippen LogP contribution in [0.5, 0.6) is 0 Å². The Bertz CT molecular complexity index is 744. The van der Waals surface area contributed by atoms with E-state index in [9.17, 15) is 9.90 Å². The lowest BCUT2D eigenvalue weighted by atomic mass is 9.45. The van der Waals surface area contributed by atoms with Crippen molar-refractivity contribution in [3.8, 4) is 0 Å². The summed E-state index contributed by atoms with van der Waals surface area (Å²) in [6.07, 6.45) is 9.63. The quantitative estimate of drug-likeness (QED) is 0.571. The maximum atomic E-state index is 12.0. The monoisotopic (exact) mass is 406 g/mol. The van der Waals surface area contributed by atoms with Gasteiger partial charge in [-0.05, 0) is 65.3 Å². The molecule has 4 rings (SSSR count).